The summed E-state index contributed by atoms with van der Waals surface area (Å²) < 4.78 is 0. The summed E-state index contributed by atoms with van der Waals surface area (Å²) >= 11 is 0. The molecule has 0 fully saturated rings. The fourth-order valence-corrected chi connectivity index (χ4v) is 2.24. The van der Waals surface area contributed by atoms with E-state index in [-0.39, 0.29) is 5.69 Å². The molecule has 6 nitrogen and oxygen atoms in total. The first-order chi connectivity index (χ1) is 9.56. The number of nitrogens with one attached hydrogen (secondary N) is 1. The fraction of sp³-hybridized carbons (Fsp3) is 0.0714. The average molecular weight is 268 g/mol. The molecule has 20 heavy (non-hydrogen) atoms. The number of aromatic amines is 1. The zero-order valence-corrected chi connectivity index (χ0v) is 10.8. The van der Waals surface area contributed by atoms with Gasteiger partial charge in [-0.25, -0.2) is 0 Å². The van der Waals surface area contributed by atoms with Crippen LogP contribution in [0.3, 0.4) is 0 Å². The van der Waals surface area contributed by atoms with Crippen LogP contribution < -0.4 is 5.73 Å². The van der Waals surface area contributed by atoms with Gasteiger partial charge < -0.3 is 5.73 Å². The summed E-state index contributed by atoms with van der Waals surface area (Å²) in [7, 11) is 0. The molecule has 0 saturated carbocycles. The lowest BCUT2D eigenvalue weighted by molar-refractivity contribution is -0.384. The second-order valence-electron chi connectivity index (χ2n) is 4.65. The maximum absolute atomic E-state index is 11.2. The number of rotatable bonds is 2. The molecule has 1 heterocycles. The molecule has 3 rings (SSSR count). The molecule has 0 unspecified atom stereocenters. The lowest BCUT2D eigenvalue weighted by atomic mass is 10.0. The van der Waals surface area contributed by atoms with E-state index in [9.17, 15) is 10.1 Å². The van der Waals surface area contributed by atoms with Crippen molar-refractivity contribution < 1.29 is 4.92 Å². The number of nitro benzene ring substituents is 1. The van der Waals surface area contributed by atoms with Crippen LogP contribution in [0, 0.1) is 17.0 Å². The topological polar surface area (TPSA) is 97.8 Å². The SMILES string of the molecule is Cc1ccc([N+](=O)[O-])c(-c2n[nH]c3cc(N)ccc23)c1. The number of nitrogens with two attached hydrogens (primary N) is 1. The molecule has 0 radical (unpaired) electrons. The van der Waals surface area contributed by atoms with E-state index in [0.29, 0.717) is 16.9 Å². The molecule has 0 aliphatic heterocycles. The predicted molar refractivity (Wildman–Crippen MR) is 77.3 cm³/mol. The van der Waals surface area contributed by atoms with E-state index in [2.05, 4.69) is 10.2 Å². The minimum atomic E-state index is -0.396. The summed E-state index contributed by atoms with van der Waals surface area (Å²) in [5.41, 5.74) is 9.15. The molecule has 0 atom stereocenters. The van der Waals surface area contributed by atoms with E-state index in [1.807, 2.05) is 13.0 Å². The molecule has 0 spiro atoms. The van der Waals surface area contributed by atoms with Gasteiger partial charge in [-0.3, -0.25) is 15.2 Å². The second kappa shape index (κ2) is 4.34. The number of fused-ring (bicyclic) bond motifs is 1. The lowest BCUT2D eigenvalue weighted by Crippen LogP contribution is -1.93. The van der Waals surface area contributed by atoms with Crippen molar-refractivity contribution in [2.45, 2.75) is 6.92 Å². The van der Waals surface area contributed by atoms with Crippen LogP contribution in [-0.2, 0) is 0 Å². The highest BCUT2D eigenvalue weighted by Crippen LogP contribution is 2.34. The molecule has 0 aliphatic rings. The van der Waals surface area contributed by atoms with Crippen molar-refractivity contribution in [1.82, 2.24) is 10.2 Å². The minimum absolute atomic E-state index is 0.0424. The molecule has 2 aromatic carbocycles. The quantitative estimate of drug-likeness (QED) is 0.424. The molecule has 3 N–H and O–H groups in total. The van der Waals surface area contributed by atoms with Crippen LogP contribution in [0.15, 0.2) is 36.4 Å². The van der Waals surface area contributed by atoms with Gasteiger partial charge in [0, 0.05) is 17.1 Å². The molecule has 100 valence electrons. The highest BCUT2D eigenvalue weighted by Gasteiger charge is 2.19. The second-order valence-corrected chi connectivity index (χ2v) is 4.65. The van der Waals surface area contributed by atoms with Crippen LogP contribution in [0.4, 0.5) is 11.4 Å². The zero-order chi connectivity index (χ0) is 14.3. The van der Waals surface area contributed by atoms with E-state index >= 15 is 0 Å². The Morgan fingerprint density at radius 1 is 1.25 bits per heavy atom. The Bertz CT molecular complexity index is 823. The molecule has 0 aliphatic carbocycles. The first kappa shape index (κ1) is 12.2. The maximum atomic E-state index is 11.2. The maximum Gasteiger partial charge on any atom is 0.278 e. The Balaban J connectivity index is 2.30. The highest BCUT2D eigenvalue weighted by molar-refractivity contribution is 5.96. The molecule has 3 aromatic rings. The van der Waals surface area contributed by atoms with Crippen molar-refractivity contribution in [2.75, 3.05) is 5.73 Å². The zero-order valence-electron chi connectivity index (χ0n) is 10.8. The molecule has 0 amide bonds. The number of nitro groups is 1. The van der Waals surface area contributed by atoms with E-state index in [1.165, 1.54) is 6.07 Å². The Labute approximate surface area is 114 Å². The van der Waals surface area contributed by atoms with Crippen LogP contribution in [0.25, 0.3) is 22.2 Å². The molecular formula is C14H12N4O2. The molecule has 6 heteroatoms. The highest BCUT2D eigenvalue weighted by atomic mass is 16.6. The van der Waals surface area contributed by atoms with Crippen LogP contribution in [-0.4, -0.2) is 15.1 Å². The number of aromatic nitrogens is 2. The van der Waals surface area contributed by atoms with Gasteiger partial charge in [-0.2, -0.15) is 5.10 Å². The monoisotopic (exact) mass is 268 g/mol. The number of aryl methyl sites for hydroxylation is 1. The normalized spacial score (nSPS) is 10.8. The lowest BCUT2D eigenvalue weighted by Gasteiger charge is -2.02. The fourth-order valence-electron chi connectivity index (χ4n) is 2.24. The molecule has 0 bridgehead atoms. The van der Waals surface area contributed by atoms with Crippen molar-refractivity contribution in [3.8, 4) is 11.3 Å². The number of benzene rings is 2. The Morgan fingerprint density at radius 3 is 2.80 bits per heavy atom. The van der Waals surface area contributed by atoms with E-state index in [4.69, 9.17) is 5.73 Å². The number of H-pyrrole nitrogens is 1. The predicted octanol–water partition coefficient (Wildman–Crippen LogP) is 3.03. The van der Waals surface area contributed by atoms with Gasteiger partial charge in [-0.1, -0.05) is 6.07 Å². The van der Waals surface area contributed by atoms with E-state index in [1.54, 1.807) is 24.3 Å². The first-order valence-electron chi connectivity index (χ1n) is 6.05. The van der Waals surface area contributed by atoms with E-state index in [0.717, 1.165) is 16.5 Å². The Kier molecular flexibility index (Phi) is 2.64. The van der Waals surface area contributed by atoms with Crippen molar-refractivity contribution in [1.29, 1.82) is 0 Å². The number of anilines is 1. The molecular weight excluding hydrogens is 256 g/mol. The van der Waals surface area contributed by atoms with Gasteiger partial charge in [0.2, 0.25) is 0 Å². The number of hydrogen-bond acceptors (Lipinski definition) is 4. The standard InChI is InChI=1S/C14H12N4O2/c1-8-2-5-13(18(19)20)11(6-8)14-10-4-3-9(15)7-12(10)16-17-14/h2-7H,15H2,1H3,(H,16,17). The number of nitrogens with zero attached hydrogens (tertiary/aromatic N) is 2. The van der Waals surface area contributed by atoms with Gasteiger partial charge in [0.15, 0.2) is 0 Å². The van der Waals surface area contributed by atoms with Crippen LogP contribution >= 0.6 is 0 Å². The van der Waals surface area contributed by atoms with Gasteiger partial charge in [0.05, 0.1) is 16.0 Å². The number of nitrogen functional groups attached to an aromatic ring is 1. The number of hydrogen-bond donors (Lipinski definition) is 2. The summed E-state index contributed by atoms with van der Waals surface area (Å²) in [4.78, 5) is 10.8. The third-order valence-corrected chi connectivity index (χ3v) is 3.19. The summed E-state index contributed by atoms with van der Waals surface area (Å²) in [6.45, 7) is 1.89. The van der Waals surface area contributed by atoms with Crippen molar-refractivity contribution in [3.05, 3.63) is 52.1 Å². The minimum Gasteiger partial charge on any atom is -0.399 e. The summed E-state index contributed by atoms with van der Waals surface area (Å²) in [5, 5.41) is 19.0. The largest absolute Gasteiger partial charge is 0.399 e. The van der Waals surface area contributed by atoms with Crippen LogP contribution in [0.5, 0.6) is 0 Å². The Hall–Kier alpha value is -2.89. The van der Waals surface area contributed by atoms with Gasteiger partial charge in [0.1, 0.15) is 5.69 Å². The van der Waals surface area contributed by atoms with Gasteiger partial charge in [-0.05, 0) is 36.8 Å². The smallest absolute Gasteiger partial charge is 0.278 e. The van der Waals surface area contributed by atoms with Gasteiger partial charge in [0.25, 0.3) is 5.69 Å². The first-order valence-corrected chi connectivity index (χ1v) is 6.05. The van der Waals surface area contributed by atoms with Crippen molar-refractivity contribution in [3.63, 3.8) is 0 Å². The van der Waals surface area contributed by atoms with Gasteiger partial charge >= 0.3 is 0 Å². The van der Waals surface area contributed by atoms with E-state index < -0.39 is 4.92 Å². The third-order valence-electron chi connectivity index (χ3n) is 3.19. The molecule has 0 saturated heterocycles. The summed E-state index contributed by atoms with van der Waals surface area (Å²) in [6.07, 6.45) is 0. The molecule has 1 aromatic heterocycles. The van der Waals surface area contributed by atoms with Crippen molar-refractivity contribution >= 4 is 22.3 Å². The van der Waals surface area contributed by atoms with Crippen LogP contribution in [0.1, 0.15) is 5.56 Å². The Morgan fingerprint density at radius 2 is 2.05 bits per heavy atom. The summed E-state index contributed by atoms with van der Waals surface area (Å²) in [6, 6.07) is 10.3. The third kappa shape index (κ3) is 1.87. The van der Waals surface area contributed by atoms with Crippen molar-refractivity contribution in [2.24, 2.45) is 0 Å². The summed E-state index contributed by atoms with van der Waals surface area (Å²) in [5.74, 6) is 0. The van der Waals surface area contributed by atoms with Crippen LogP contribution in [0.2, 0.25) is 0 Å². The average Bonchev–Trinajstić information content (AvgIpc) is 2.80. The van der Waals surface area contributed by atoms with Gasteiger partial charge in [-0.15, -0.1) is 0 Å².